The monoisotopic (exact) mass is 238 g/mol. The van der Waals surface area contributed by atoms with Crippen molar-refractivity contribution in [3.05, 3.63) is 12.7 Å². The third-order valence-electron chi connectivity index (χ3n) is 4.45. The number of rotatable bonds is 5. The Labute approximate surface area is 107 Å². The molecule has 2 heteroatoms. The van der Waals surface area contributed by atoms with E-state index in [1.807, 2.05) is 0 Å². The summed E-state index contributed by atoms with van der Waals surface area (Å²) in [4.78, 5) is 2.63. The minimum absolute atomic E-state index is 0.281. The normalized spacial score (nSPS) is 21.2. The van der Waals surface area contributed by atoms with Crippen LogP contribution in [-0.4, -0.2) is 36.6 Å². The van der Waals surface area contributed by atoms with Gasteiger partial charge in [-0.1, -0.05) is 26.8 Å². The lowest BCUT2D eigenvalue weighted by atomic mass is 9.71. The molecule has 0 bridgehead atoms. The molecule has 0 saturated carbocycles. The standard InChI is InChI=1S/C15H30N2/c1-7-13(2)14(3,4)12-15(5,6)17-10-8-16-9-11-17/h7,13,16H,1,8-12H2,2-6H3. The Kier molecular flexibility index (Phi) is 4.79. The molecule has 100 valence electrons. The third kappa shape index (κ3) is 3.82. The third-order valence-corrected chi connectivity index (χ3v) is 4.45. The van der Waals surface area contributed by atoms with Crippen molar-refractivity contribution in [2.75, 3.05) is 26.2 Å². The predicted molar refractivity (Wildman–Crippen MR) is 76.3 cm³/mol. The smallest absolute Gasteiger partial charge is 0.0159 e. The largest absolute Gasteiger partial charge is 0.314 e. The van der Waals surface area contributed by atoms with Gasteiger partial charge in [-0.05, 0) is 31.6 Å². The van der Waals surface area contributed by atoms with Crippen molar-refractivity contribution in [1.29, 1.82) is 0 Å². The van der Waals surface area contributed by atoms with Gasteiger partial charge in [0.15, 0.2) is 0 Å². The number of nitrogens with one attached hydrogen (secondary N) is 1. The molecule has 1 heterocycles. The van der Waals surface area contributed by atoms with Crippen LogP contribution in [0.3, 0.4) is 0 Å². The summed E-state index contributed by atoms with van der Waals surface area (Å²) in [5.41, 5.74) is 0.596. The Bertz CT molecular complexity index is 250. The summed E-state index contributed by atoms with van der Waals surface area (Å²) in [5, 5.41) is 3.43. The van der Waals surface area contributed by atoms with E-state index in [0.717, 1.165) is 13.1 Å². The molecule has 0 radical (unpaired) electrons. The van der Waals surface area contributed by atoms with Gasteiger partial charge < -0.3 is 5.32 Å². The van der Waals surface area contributed by atoms with E-state index in [9.17, 15) is 0 Å². The Morgan fingerprint density at radius 2 is 1.76 bits per heavy atom. The zero-order chi connectivity index (χ0) is 13.1. The van der Waals surface area contributed by atoms with Crippen LogP contribution < -0.4 is 5.32 Å². The molecule has 2 nitrogen and oxygen atoms in total. The molecule has 1 atom stereocenters. The molecule has 17 heavy (non-hydrogen) atoms. The lowest BCUT2D eigenvalue weighted by molar-refractivity contribution is 0.0494. The summed E-state index contributed by atoms with van der Waals surface area (Å²) in [6.07, 6.45) is 3.31. The van der Waals surface area contributed by atoms with Crippen LogP contribution in [0.15, 0.2) is 12.7 Å². The van der Waals surface area contributed by atoms with Crippen molar-refractivity contribution < 1.29 is 0 Å². The van der Waals surface area contributed by atoms with Crippen molar-refractivity contribution >= 4 is 0 Å². The van der Waals surface area contributed by atoms with Gasteiger partial charge in [0.1, 0.15) is 0 Å². The Balaban J connectivity index is 2.66. The van der Waals surface area contributed by atoms with Crippen molar-refractivity contribution in [3.8, 4) is 0 Å². The second kappa shape index (κ2) is 5.53. The number of piperazine rings is 1. The lowest BCUT2D eigenvalue weighted by Crippen LogP contribution is -2.55. The first-order valence-electron chi connectivity index (χ1n) is 6.88. The average Bonchev–Trinajstić information content (AvgIpc) is 2.27. The maximum absolute atomic E-state index is 3.95. The van der Waals surface area contributed by atoms with Gasteiger partial charge in [0.05, 0.1) is 0 Å². The van der Waals surface area contributed by atoms with Crippen LogP contribution in [0, 0.1) is 11.3 Å². The topological polar surface area (TPSA) is 15.3 Å². The van der Waals surface area contributed by atoms with E-state index in [-0.39, 0.29) is 5.54 Å². The number of hydrogen-bond acceptors (Lipinski definition) is 2. The Morgan fingerprint density at radius 3 is 2.24 bits per heavy atom. The van der Waals surface area contributed by atoms with E-state index >= 15 is 0 Å². The van der Waals surface area contributed by atoms with Crippen LogP contribution in [0.2, 0.25) is 0 Å². The summed E-state index contributed by atoms with van der Waals surface area (Å²) >= 11 is 0. The first kappa shape index (κ1) is 14.7. The van der Waals surface area contributed by atoms with E-state index in [1.54, 1.807) is 0 Å². The maximum Gasteiger partial charge on any atom is 0.0159 e. The average molecular weight is 238 g/mol. The van der Waals surface area contributed by atoms with Gasteiger partial charge in [0.25, 0.3) is 0 Å². The highest BCUT2D eigenvalue weighted by Crippen LogP contribution is 2.38. The van der Waals surface area contributed by atoms with E-state index in [0.29, 0.717) is 11.3 Å². The molecular weight excluding hydrogens is 208 g/mol. The fraction of sp³-hybridized carbons (Fsp3) is 0.867. The SMILES string of the molecule is C=CC(C)C(C)(C)CC(C)(C)N1CCNCC1. The van der Waals surface area contributed by atoms with Gasteiger partial charge in [-0.3, -0.25) is 4.90 Å². The van der Waals surface area contributed by atoms with Crippen LogP contribution in [0.4, 0.5) is 0 Å². The molecule has 0 aromatic carbocycles. The molecular formula is C15H30N2. The van der Waals surface area contributed by atoms with Crippen LogP contribution in [0.5, 0.6) is 0 Å². The van der Waals surface area contributed by atoms with E-state index in [4.69, 9.17) is 0 Å². The summed E-state index contributed by atoms with van der Waals surface area (Å²) in [7, 11) is 0. The Morgan fingerprint density at radius 1 is 1.24 bits per heavy atom. The first-order chi connectivity index (χ1) is 7.79. The highest BCUT2D eigenvalue weighted by molar-refractivity contribution is 4.95. The molecule has 0 aromatic heterocycles. The number of hydrogen-bond donors (Lipinski definition) is 1. The molecule has 1 fully saturated rings. The lowest BCUT2D eigenvalue weighted by Gasteiger charge is -2.46. The molecule has 1 unspecified atom stereocenters. The molecule has 0 spiro atoms. The molecule has 0 aromatic rings. The van der Waals surface area contributed by atoms with E-state index < -0.39 is 0 Å². The van der Waals surface area contributed by atoms with Crippen molar-refractivity contribution in [3.63, 3.8) is 0 Å². The van der Waals surface area contributed by atoms with Gasteiger partial charge in [-0.2, -0.15) is 0 Å². The zero-order valence-electron chi connectivity index (χ0n) is 12.3. The summed E-state index contributed by atoms with van der Waals surface area (Å²) in [6, 6.07) is 0. The van der Waals surface area contributed by atoms with Gasteiger partial charge in [-0.15, -0.1) is 6.58 Å². The number of nitrogens with zero attached hydrogens (tertiary/aromatic N) is 1. The van der Waals surface area contributed by atoms with Crippen LogP contribution in [-0.2, 0) is 0 Å². The summed E-state index contributed by atoms with van der Waals surface area (Å²) in [5.74, 6) is 0.560. The molecule has 1 aliphatic rings. The van der Waals surface area contributed by atoms with E-state index in [2.05, 4.69) is 57.5 Å². The molecule has 1 aliphatic heterocycles. The van der Waals surface area contributed by atoms with Gasteiger partial charge >= 0.3 is 0 Å². The number of allylic oxidation sites excluding steroid dienone is 1. The van der Waals surface area contributed by atoms with Crippen molar-refractivity contribution in [2.45, 2.75) is 46.6 Å². The second-order valence-corrected chi connectivity index (χ2v) is 6.74. The minimum atomic E-state index is 0.281. The molecule has 0 amide bonds. The van der Waals surface area contributed by atoms with E-state index in [1.165, 1.54) is 19.5 Å². The highest BCUT2D eigenvalue weighted by atomic mass is 15.2. The predicted octanol–water partition coefficient (Wildman–Crippen LogP) is 2.91. The summed E-state index contributed by atoms with van der Waals surface area (Å²) < 4.78 is 0. The van der Waals surface area contributed by atoms with Crippen LogP contribution in [0.25, 0.3) is 0 Å². The minimum Gasteiger partial charge on any atom is -0.314 e. The first-order valence-corrected chi connectivity index (χ1v) is 6.88. The molecule has 1 saturated heterocycles. The van der Waals surface area contributed by atoms with Crippen LogP contribution in [0.1, 0.15) is 41.0 Å². The fourth-order valence-corrected chi connectivity index (χ4v) is 2.98. The molecule has 0 aliphatic carbocycles. The van der Waals surface area contributed by atoms with Crippen molar-refractivity contribution in [1.82, 2.24) is 10.2 Å². The second-order valence-electron chi connectivity index (χ2n) is 6.74. The molecule has 1 rings (SSSR count). The molecule has 1 N–H and O–H groups in total. The van der Waals surface area contributed by atoms with Gasteiger partial charge in [0.2, 0.25) is 0 Å². The zero-order valence-corrected chi connectivity index (χ0v) is 12.3. The van der Waals surface area contributed by atoms with Crippen LogP contribution >= 0.6 is 0 Å². The highest BCUT2D eigenvalue weighted by Gasteiger charge is 2.35. The van der Waals surface area contributed by atoms with Gasteiger partial charge in [-0.25, -0.2) is 0 Å². The fourth-order valence-electron chi connectivity index (χ4n) is 2.98. The maximum atomic E-state index is 3.95. The quantitative estimate of drug-likeness (QED) is 0.741. The summed E-state index contributed by atoms with van der Waals surface area (Å²) in [6.45, 7) is 20.3. The van der Waals surface area contributed by atoms with Gasteiger partial charge in [0, 0.05) is 31.7 Å². The van der Waals surface area contributed by atoms with Crippen molar-refractivity contribution in [2.24, 2.45) is 11.3 Å². The Hall–Kier alpha value is -0.340.